The lowest BCUT2D eigenvalue weighted by molar-refractivity contribution is -0.139. The molecule has 2 amide bonds. The van der Waals surface area contributed by atoms with Crippen molar-refractivity contribution >= 4 is 12.0 Å². The van der Waals surface area contributed by atoms with E-state index in [1.165, 1.54) is 0 Å². The SMILES string of the molecule is Cc1cc(CNC(=O)NC2(CC(=O)O)CCCCC2)on1. The van der Waals surface area contributed by atoms with Crippen molar-refractivity contribution < 1.29 is 19.2 Å². The van der Waals surface area contributed by atoms with Crippen molar-refractivity contribution in [2.45, 2.75) is 57.5 Å². The van der Waals surface area contributed by atoms with Crippen molar-refractivity contribution in [3.05, 3.63) is 17.5 Å². The number of carboxylic acids is 1. The summed E-state index contributed by atoms with van der Waals surface area (Å²) in [5, 5.41) is 18.3. The van der Waals surface area contributed by atoms with Crippen molar-refractivity contribution in [3.8, 4) is 0 Å². The summed E-state index contributed by atoms with van der Waals surface area (Å²) in [7, 11) is 0. The van der Waals surface area contributed by atoms with E-state index in [-0.39, 0.29) is 19.0 Å². The molecule has 7 heteroatoms. The maximum absolute atomic E-state index is 12.0. The molecule has 3 N–H and O–H groups in total. The Hall–Kier alpha value is -2.05. The molecule has 0 atom stereocenters. The van der Waals surface area contributed by atoms with Gasteiger partial charge in [-0.05, 0) is 19.8 Å². The van der Waals surface area contributed by atoms with Gasteiger partial charge in [-0.15, -0.1) is 0 Å². The second-order valence-electron chi connectivity index (χ2n) is 5.65. The molecule has 7 nitrogen and oxygen atoms in total. The van der Waals surface area contributed by atoms with Crippen LogP contribution in [-0.4, -0.2) is 27.8 Å². The Labute approximate surface area is 123 Å². The van der Waals surface area contributed by atoms with Crippen LogP contribution in [0.5, 0.6) is 0 Å². The quantitative estimate of drug-likeness (QED) is 0.770. The maximum Gasteiger partial charge on any atom is 0.315 e. The molecule has 1 heterocycles. The van der Waals surface area contributed by atoms with Crippen molar-refractivity contribution in [2.75, 3.05) is 0 Å². The van der Waals surface area contributed by atoms with Crippen LogP contribution in [0.2, 0.25) is 0 Å². The Morgan fingerprint density at radius 1 is 1.38 bits per heavy atom. The summed E-state index contributed by atoms with van der Waals surface area (Å²) in [5.41, 5.74) is 0.118. The largest absolute Gasteiger partial charge is 0.481 e. The third-order valence-electron chi connectivity index (χ3n) is 3.78. The van der Waals surface area contributed by atoms with E-state index < -0.39 is 11.5 Å². The first-order chi connectivity index (χ1) is 9.99. The summed E-state index contributed by atoms with van der Waals surface area (Å²) < 4.78 is 5.01. The van der Waals surface area contributed by atoms with E-state index in [9.17, 15) is 9.59 Å². The lowest BCUT2D eigenvalue weighted by Crippen LogP contribution is -2.54. The average molecular weight is 295 g/mol. The molecule has 1 aromatic heterocycles. The number of hydrogen-bond acceptors (Lipinski definition) is 4. The van der Waals surface area contributed by atoms with Gasteiger partial charge in [0.05, 0.1) is 24.2 Å². The van der Waals surface area contributed by atoms with E-state index in [2.05, 4.69) is 15.8 Å². The minimum Gasteiger partial charge on any atom is -0.481 e. The number of aryl methyl sites for hydroxylation is 1. The molecule has 0 unspecified atom stereocenters. The fraction of sp³-hybridized carbons (Fsp3) is 0.643. The summed E-state index contributed by atoms with van der Waals surface area (Å²) >= 11 is 0. The Morgan fingerprint density at radius 3 is 2.67 bits per heavy atom. The Kier molecular flexibility index (Phi) is 4.82. The highest BCUT2D eigenvalue weighted by molar-refractivity contribution is 5.76. The molecule has 2 rings (SSSR count). The van der Waals surface area contributed by atoms with Gasteiger partial charge < -0.3 is 20.3 Å². The Bertz CT molecular complexity index is 506. The zero-order valence-electron chi connectivity index (χ0n) is 12.1. The lowest BCUT2D eigenvalue weighted by atomic mass is 9.79. The number of carboxylic acid groups (broad SMARTS) is 1. The van der Waals surface area contributed by atoms with Gasteiger partial charge in [0.2, 0.25) is 0 Å². The van der Waals surface area contributed by atoms with E-state index in [4.69, 9.17) is 9.63 Å². The Balaban J connectivity index is 1.89. The fourth-order valence-corrected chi connectivity index (χ4v) is 2.82. The number of carbonyl (C=O) groups is 2. The lowest BCUT2D eigenvalue weighted by Gasteiger charge is -2.36. The number of nitrogens with one attached hydrogen (secondary N) is 2. The van der Waals surface area contributed by atoms with Gasteiger partial charge in [-0.1, -0.05) is 24.4 Å². The molecule has 0 radical (unpaired) electrons. The van der Waals surface area contributed by atoms with Crippen LogP contribution in [0.4, 0.5) is 4.79 Å². The van der Waals surface area contributed by atoms with Crippen molar-refractivity contribution in [1.29, 1.82) is 0 Å². The monoisotopic (exact) mass is 295 g/mol. The zero-order valence-corrected chi connectivity index (χ0v) is 12.1. The summed E-state index contributed by atoms with van der Waals surface area (Å²) in [4.78, 5) is 23.0. The van der Waals surface area contributed by atoms with Crippen LogP contribution in [0.3, 0.4) is 0 Å². The van der Waals surface area contributed by atoms with Gasteiger partial charge in [-0.3, -0.25) is 4.79 Å². The van der Waals surface area contributed by atoms with Gasteiger partial charge >= 0.3 is 12.0 Å². The molecule has 1 saturated carbocycles. The van der Waals surface area contributed by atoms with Gasteiger partial charge in [-0.2, -0.15) is 0 Å². The fourth-order valence-electron chi connectivity index (χ4n) is 2.82. The molecule has 0 bridgehead atoms. The predicted octanol–water partition coefficient (Wildman–Crippen LogP) is 1.96. The van der Waals surface area contributed by atoms with Crippen LogP contribution in [0.1, 0.15) is 50.0 Å². The highest BCUT2D eigenvalue weighted by atomic mass is 16.5. The second kappa shape index (κ2) is 6.60. The number of aliphatic carboxylic acids is 1. The van der Waals surface area contributed by atoms with Crippen molar-refractivity contribution in [2.24, 2.45) is 0 Å². The molecule has 0 aromatic carbocycles. The molecule has 1 aliphatic rings. The van der Waals surface area contributed by atoms with Crippen LogP contribution < -0.4 is 10.6 Å². The minimum atomic E-state index is -0.886. The smallest absolute Gasteiger partial charge is 0.315 e. The number of urea groups is 1. The molecule has 116 valence electrons. The highest BCUT2D eigenvalue weighted by Gasteiger charge is 2.35. The van der Waals surface area contributed by atoms with Crippen LogP contribution >= 0.6 is 0 Å². The molecule has 1 fully saturated rings. The normalized spacial score (nSPS) is 17.2. The van der Waals surface area contributed by atoms with Gasteiger partial charge in [0, 0.05) is 6.07 Å². The minimum absolute atomic E-state index is 0.0398. The molecule has 0 aliphatic heterocycles. The third-order valence-corrected chi connectivity index (χ3v) is 3.78. The van der Waals surface area contributed by atoms with Crippen LogP contribution in [0.15, 0.2) is 10.6 Å². The van der Waals surface area contributed by atoms with E-state index in [0.29, 0.717) is 18.6 Å². The first-order valence-electron chi connectivity index (χ1n) is 7.19. The second-order valence-corrected chi connectivity index (χ2v) is 5.65. The maximum atomic E-state index is 12.0. The highest BCUT2D eigenvalue weighted by Crippen LogP contribution is 2.31. The number of rotatable bonds is 5. The van der Waals surface area contributed by atoms with E-state index >= 15 is 0 Å². The van der Waals surface area contributed by atoms with Gasteiger partial charge in [-0.25, -0.2) is 4.79 Å². The molecular formula is C14H21N3O4. The molecule has 1 aliphatic carbocycles. The topological polar surface area (TPSA) is 104 Å². The van der Waals surface area contributed by atoms with Gasteiger partial charge in [0.25, 0.3) is 0 Å². The van der Waals surface area contributed by atoms with Crippen molar-refractivity contribution in [3.63, 3.8) is 0 Å². The molecule has 21 heavy (non-hydrogen) atoms. The summed E-state index contributed by atoms with van der Waals surface area (Å²) in [6.45, 7) is 2.03. The molecule has 1 aromatic rings. The zero-order chi connectivity index (χ0) is 15.3. The number of hydrogen-bond donors (Lipinski definition) is 3. The first kappa shape index (κ1) is 15.3. The van der Waals surface area contributed by atoms with Crippen LogP contribution in [0, 0.1) is 6.92 Å². The molecular weight excluding hydrogens is 274 g/mol. The van der Waals surface area contributed by atoms with E-state index in [0.717, 1.165) is 25.0 Å². The van der Waals surface area contributed by atoms with E-state index in [1.807, 2.05) is 0 Å². The first-order valence-corrected chi connectivity index (χ1v) is 7.19. The average Bonchev–Trinajstić information content (AvgIpc) is 2.82. The number of nitrogens with zero attached hydrogens (tertiary/aromatic N) is 1. The standard InChI is InChI=1S/C14H21N3O4/c1-10-7-11(21-17-10)9-15-13(20)16-14(8-12(18)19)5-3-2-4-6-14/h7H,2-6,8-9H2,1H3,(H,18,19)(H2,15,16,20). The summed E-state index contributed by atoms with van der Waals surface area (Å²) in [6, 6.07) is 1.38. The molecule has 0 spiro atoms. The van der Waals surface area contributed by atoms with E-state index in [1.54, 1.807) is 13.0 Å². The summed E-state index contributed by atoms with van der Waals surface area (Å²) in [6.07, 6.45) is 4.33. The third kappa shape index (κ3) is 4.47. The van der Waals surface area contributed by atoms with Gasteiger partial charge in [0.1, 0.15) is 0 Å². The van der Waals surface area contributed by atoms with Crippen LogP contribution in [-0.2, 0) is 11.3 Å². The predicted molar refractivity (Wildman–Crippen MR) is 74.7 cm³/mol. The number of carbonyl (C=O) groups excluding carboxylic acids is 1. The number of amides is 2. The number of aromatic nitrogens is 1. The summed E-state index contributed by atoms with van der Waals surface area (Å²) in [5.74, 6) is -0.318. The Morgan fingerprint density at radius 2 is 2.10 bits per heavy atom. The van der Waals surface area contributed by atoms with Crippen LogP contribution in [0.25, 0.3) is 0 Å². The molecule has 0 saturated heterocycles. The van der Waals surface area contributed by atoms with Gasteiger partial charge in [0.15, 0.2) is 5.76 Å². The van der Waals surface area contributed by atoms with Crippen molar-refractivity contribution in [1.82, 2.24) is 15.8 Å².